The fourth-order valence-corrected chi connectivity index (χ4v) is 2.27. The van der Waals surface area contributed by atoms with E-state index < -0.39 is 0 Å². The molecule has 0 aromatic rings. The van der Waals surface area contributed by atoms with E-state index in [1.54, 1.807) is 0 Å². The summed E-state index contributed by atoms with van der Waals surface area (Å²) in [4.78, 5) is 12.0. The van der Waals surface area contributed by atoms with E-state index >= 15 is 0 Å². The van der Waals surface area contributed by atoms with E-state index in [0.29, 0.717) is 0 Å². The van der Waals surface area contributed by atoms with E-state index in [9.17, 15) is 4.79 Å². The van der Waals surface area contributed by atoms with Gasteiger partial charge in [0, 0.05) is 12.0 Å². The fraction of sp³-hybridized carbons (Fsp3) is 0.941. The molecule has 114 valence electrons. The van der Waals surface area contributed by atoms with Crippen LogP contribution in [0, 0.1) is 10.8 Å². The summed E-state index contributed by atoms with van der Waals surface area (Å²) in [6.07, 6.45) is 8.78. The predicted octanol–water partition coefficient (Wildman–Crippen LogP) is 4.93. The smallest absolute Gasteiger partial charge is 0.225 e. The van der Waals surface area contributed by atoms with Crippen molar-refractivity contribution in [3.63, 3.8) is 0 Å². The molecule has 0 aliphatic rings. The number of nitrogens with one attached hydrogen (secondary N) is 1. The van der Waals surface area contributed by atoms with Gasteiger partial charge in [0.15, 0.2) is 0 Å². The van der Waals surface area contributed by atoms with Crippen LogP contribution < -0.4 is 5.32 Å². The van der Waals surface area contributed by atoms with E-state index in [4.69, 9.17) is 0 Å². The number of hydrogen-bond acceptors (Lipinski definition) is 1. The van der Waals surface area contributed by atoms with Crippen molar-refractivity contribution in [3.8, 4) is 0 Å². The third-order valence-corrected chi connectivity index (χ3v) is 3.87. The summed E-state index contributed by atoms with van der Waals surface area (Å²) < 4.78 is 0. The van der Waals surface area contributed by atoms with Crippen molar-refractivity contribution in [1.29, 1.82) is 0 Å². The minimum Gasteiger partial charge on any atom is -0.355 e. The second-order valence-corrected chi connectivity index (χ2v) is 7.30. The fourth-order valence-electron chi connectivity index (χ4n) is 2.27. The van der Waals surface area contributed by atoms with Gasteiger partial charge in [-0.3, -0.25) is 4.79 Å². The van der Waals surface area contributed by atoms with E-state index in [1.165, 1.54) is 44.9 Å². The largest absolute Gasteiger partial charge is 0.355 e. The monoisotopic (exact) mass is 269 g/mol. The van der Waals surface area contributed by atoms with Crippen molar-refractivity contribution >= 4 is 5.91 Å². The maximum atomic E-state index is 12.0. The molecule has 0 fully saturated rings. The van der Waals surface area contributed by atoms with E-state index in [1.807, 2.05) is 20.8 Å². The highest BCUT2D eigenvalue weighted by atomic mass is 16.2. The standard InChI is InChI=1S/C17H35NO/c1-7-9-11-13-17(6,12-10-8-2)14-18-15(19)16(3,4)5/h7-14H2,1-6H3,(H,18,19). The molecule has 1 N–H and O–H groups in total. The third-order valence-electron chi connectivity index (χ3n) is 3.87. The minimum atomic E-state index is -0.283. The molecule has 0 bridgehead atoms. The van der Waals surface area contributed by atoms with Crippen molar-refractivity contribution in [1.82, 2.24) is 5.32 Å². The second kappa shape index (κ2) is 8.60. The Morgan fingerprint density at radius 1 is 0.895 bits per heavy atom. The van der Waals surface area contributed by atoms with Crippen LogP contribution in [0.4, 0.5) is 0 Å². The molecule has 0 aliphatic carbocycles. The Labute approximate surface area is 120 Å². The average molecular weight is 269 g/mol. The minimum absolute atomic E-state index is 0.172. The molecule has 0 radical (unpaired) electrons. The summed E-state index contributed by atoms with van der Waals surface area (Å²) in [5, 5.41) is 3.16. The Hall–Kier alpha value is -0.530. The second-order valence-electron chi connectivity index (χ2n) is 7.30. The molecule has 0 spiro atoms. The molecule has 0 aromatic heterocycles. The molecule has 0 aliphatic heterocycles. The number of hydrogen-bond donors (Lipinski definition) is 1. The molecule has 0 aromatic carbocycles. The van der Waals surface area contributed by atoms with Crippen LogP contribution in [0.3, 0.4) is 0 Å². The number of unbranched alkanes of at least 4 members (excludes halogenated alkanes) is 3. The van der Waals surface area contributed by atoms with Crippen molar-refractivity contribution in [2.45, 2.75) is 86.5 Å². The lowest BCUT2D eigenvalue weighted by atomic mass is 9.79. The van der Waals surface area contributed by atoms with Crippen LogP contribution in [0.2, 0.25) is 0 Å². The molecule has 0 saturated carbocycles. The van der Waals surface area contributed by atoms with Gasteiger partial charge < -0.3 is 5.32 Å². The molecule has 2 heteroatoms. The predicted molar refractivity (Wildman–Crippen MR) is 84.2 cm³/mol. The molecule has 19 heavy (non-hydrogen) atoms. The summed E-state index contributed by atoms with van der Waals surface area (Å²) >= 11 is 0. The normalized spacial score (nSPS) is 15.1. The van der Waals surface area contributed by atoms with Crippen LogP contribution >= 0.6 is 0 Å². The first-order valence-electron chi connectivity index (χ1n) is 8.03. The Kier molecular flexibility index (Phi) is 8.36. The number of carbonyl (C=O) groups is 1. The molecule has 0 heterocycles. The first-order valence-corrected chi connectivity index (χ1v) is 8.03. The first kappa shape index (κ1) is 18.5. The van der Waals surface area contributed by atoms with Gasteiger partial charge in [0.1, 0.15) is 0 Å². The Bertz CT molecular complexity index is 254. The summed E-state index contributed by atoms with van der Waals surface area (Å²) in [6.45, 7) is 13.6. The van der Waals surface area contributed by atoms with Crippen LogP contribution in [0.5, 0.6) is 0 Å². The topological polar surface area (TPSA) is 29.1 Å². The van der Waals surface area contributed by atoms with Crippen LogP contribution in [0.15, 0.2) is 0 Å². The zero-order valence-electron chi connectivity index (χ0n) is 14.1. The quantitative estimate of drug-likeness (QED) is 0.591. The SMILES string of the molecule is CCCCCC(C)(CCCC)CNC(=O)C(C)(C)C. The van der Waals surface area contributed by atoms with Gasteiger partial charge in [0.05, 0.1) is 0 Å². The van der Waals surface area contributed by atoms with Crippen LogP contribution in [0.25, 0.3) is 0 Å². The molecule has 1 amide bonds. The zero-order chi connectivity index (χ0) is 14.9. The van der Waals surface area contributed by atoms with Crippen molar-refractivity contribution < 1.29 is 4.79 Å². The summed E-state index contributed by atoms with van der Waals surface area (Å²) in [6, 6.07) is 0. The van der Waals surface area contributed by atoms with Gasteiger partial charge in [0.25, 0.3) is 0 Å². The summed E-state index contributed by atoms with van der Waals surface area (Å²) in [5.41, 5.74) is -0.0127. The highest BCUT2D eigenvalue weighted by Gasteiger charge is 2.27. The van der Waals surface area contributed by atoms with Crippen molar-refractivity contribution in [3.05, 3.63) is 0 Å². The van der Waals surface area contributed by atoms with Gasteiger partial charge in [-0.25, -0.2) is 0 Å². The highest BCUT2D eigenvalue weighted by Crippen LogP contribution is 2.30. The lowest BCUT2D eigenvalue weighted by molar-refractivity contribution is -0.129. The van der Waals surface area contributed by atoms with Crippen molar-refractivity contribution in [2.24, 2.45) is 10.8 Å². The molecule has 0 saturated heterocycles. The maximum Gasteiger partial charge on any atom is 0.225 e. The molecule has 0 rings (SSSR count). The van der Waals surface area contributed by atoms with Crippen LogP contribution in [-0.2, 0) is 4.79 Å². The van der Waals surface area contributed by atoms with E-state index in [-0.39, 0.29) is 16.7 Å². The van der Waals surface area contributed by atoms with Gasteiger partial charge in [-0.05, 0) is 18.3 Å². The zero-order valence-corrected chi connectivity index (χ0v) is 14.1. The van der Waals surface area contributed by atoms with Crippen LogP contribution in [0.1, 0.15) is 86.5 Å². The van der Waals surface area contributed by atoms with Gasteiger partial charge in [-0.1, -0.05) is 73.6 Å². The van der Waals surface area contributed by atoms with Crippen LogP contribution in [-0.4, -0.2) is 12.5 Å². The Morgan fingerprint density at radius 2 is 1.42 bits per heavy atom. The molecular weight excluding hydrogens is 234 g/mol. The van der Waals surface area contributed by atoms with Gasteiger partial charge in [0.2, 0.25) is 5.91 Å². The van der Waals surface area contributed by atoms with Gasteiger partial charge >= 0.3 is 0 Å². The highest BCUT2D eigenvalue weighted by molar-refractivity contribution is 5.81. The summed E-state index contributed by atoms with van der Waals surface area (Å²) in [5.74, 6) is 0.172. The Balaban J connectivity index is 4.36. The molecular formula is C17H35NO. The maximum absolute atomic E-state index is 12.0. The number of carbonyl (C=O) groups excluding carboxylic acids is 1. The Morgan fingerprint density at radius 3 is 1.89 bits per heavy atom. The lowest BCUT2D eigenvalue weighted by Gasteiger charge is -2.31. The third kappa shape index (κ3) is 8.28. The van der Waals surface area contributed by atoms with Gasteiger partial charge in [-0.15, -0.1) is 0 Å². The van der Waals surface area contributed by atoms with Gasteiger partial charge in [-0.2, -0.15) is 0 Å². The molecule has 2 nitrogen and oxygen atoms in total. The molecule has 1 atom stereocenters. The number of amides is 1. The van der Waals surface area contributed by atoms with E-state index in [0.717, 1.165) is 6.54 Å². The summed E-state index contributed by atoms with van der Waals surface area (Å²) in [7, 11) is 0. The van der Waals surface area contributed by atoms with Crippen molar-refractivity contribution in [2.75, 3.05) is 6.54 Å². The average Bonchev–Trinajstić information content (AvgIpc) is 2.33. The lowest BCUT2D eigenvalue weighted by Crippen LogP contribution is -2.41. The number of rotatable bonds is 9. The van der Waals surface area contributed by atoms with E-state index in [2.05, 4.69) is 26.1 Å². The molecule has 1 unspecified atom stereocenters. The first-order chi connectivity index (χ1) is 8.75.